The lowest BCUT2D eigenvalue weighted by molar-refractivity contribution is -0.119. The molecule has 1 saturated carbocycles. The number of hydrogen-bond acceptors (Lipinski definition) is 3. The molecule has 2 aromatic carbocycles. The number of nitrogens with zero attached hydrogens (tertiary/aromatic N) is 1. The molecule has 0 saturated heterocycles. The molecule has 0 unspecified atom stereocenters. The number of ether oxygens (including phenoxy) is 1. The van der Waals surface area contributed by atoms with Gasteiger partial charge in [-0.15, -0.1) is 0 Å². The zero-order chi connectivity index (χ0) is 20.0. The molecule has 1 aliphatic rings. The van der Waals surface area contributed by atoms with Crippen LogP contribution in [0.1, 0.15) is 24.0 Å². The summed E-state index contributed by atoms with van der Waals surface area (Å²) in [7, 11) is 1.76. The molecule has 1 fully saturated rings. The van der Waals surface area contributed by atoms with Crippen LogP contribution in [0.15, 0.2) is 58.0 Å². The molecule has 0 aromatic heterocycles. The van der Waals surface area contributed by atoms with E-state index in [-0.39, 0.29) is 12.0 Å². The maximum atomic E-state index is 10.9. The van der Waals surface area contributed by atoms with E-state index < -0.39 is 5.91 Å². The number of aliphatic imine (C=N–C) groups is 1. The normalized spacial score (nSPS) is 15.0. The third-order valence-electron chi connectivity index (χ3n) is 4.86. The van der Waals surface area contributed by atoms with Crippen molar-refractivity contribution in [2.24, 2.45) is 10.7 Å². The van der Waals surface area contributed by atoms with Crippen molar-refractivity contribution >= 4 is 27.8 Å². The van der Waals surface area contributed by atoms with E-state index in [1.54, 1.807) is 13.1 Å². The van der Waals surface area contributed by atoms with Crippen LogP contribution in [0.5, 0.6) is 5.75 Å². The molecule has 1 aliphatic carbocycles. The monoisotopic (exact) mass is 444 g/mol. The minimum atomic E-state index is -0.493. The fourth-order valence-electron chi connectivity index (χ4n) is 3.14. The third kappa shape index (κ3) is 5.25. The second kappa shape index (κ2) is 9.10. The quantitative estimate of drug-likeness (QED) is 0.431. The molecule has 0 bridgehead atoms. The lowest BCUT2D eigenvalue weighted by Gasteiger charge is -2.20. The van der Waals surface area contributed by atoms with Crippen LogP contribution in [0.4, 0.5) is 0 Å². The van der Waals surface area contributed by atoms with Gasteiger partial charge in [0, 0.05) is 30.0 Å². The molecule has 0 atom stereocenters. The molecule has 7 heteroatoms. The second-order valence-electron chi connectivity index (χ2n) is 6.94. The Hall–Kier alpha value is -2.54. The van der Waals surface area contributed by atoms with E-state index in [4.69, 9.17) is 10.5 Å². The molecule has 6 nitrogen and oxygen atoms in total. The van der Waals surface area contributed by atoms with E-state index in [0.717, 1.165) is 22.5 Å². The molecular formula is C21H25BrN4O2. The van der Waals surface area contributed by atoms with Crippen molar-refractivity contribution < 1.29 is 9.53 Å². The Balaban J connectivity index is 1.54. The Morgan fingerprint density at radius 1 is 1.21 bits per heavy atom. The molecule has 148 valence electrons. The van der Waals surface area contributed by atoms with Crippen LogP contribution in [0.25, 0.3) is 0 Å². The van der Waals surface area contributed by atoms with E-state index in [2.05, 4.69) is 49.8 Å². The number of carbonyl (C=O) groups excluding carboxylic acids is 1. The number of nitrogens with two attached hydrogens (primary N) is 1. The fourth-order valence-corrected chi connectivity index (χ4v) is 3.85. The predicted molar refractivity (Wildman–Crippen MR) is 114 cm³/mol. The number of rotatable bonds is 8. The molecule has 3 rings (SSSR count). The highest BCUT2D eigenvalue weighted by Gasteiger charge is 2.45. The summed E-state index contributed by atoms with van der Waals surface area (Å²) in [6, 6.07) is 16.0. The Kier molecular flexibility index (Phi) is 6.57. The van der Waals surface area contributed by atoms with Gasteiger partial charge < -0.3 is 21.1 Å². The van der Waals surface area contributed by atoms with Gasteiger partial charge in [0.2, 0.25) is 0 Å². The van der Waals surface area contributed by atoms with Gasteiger partial charge >= 0.3 is 0 Å². The number of carbonyl (C=O) groups is 1. The number of amides is 1. The summed E-state index contributed by atoms with van der Waals surface area (Å²) in [6.45, 7) is 1.30. The van der Waals surface area contributed by atoms with Gasteiger partial charge in [0.1, 0.15) is 5.75 Å². The average Bonchev–Trinajstić information content (AvgIpc) is 3.48. The molecule has 4 N–H and O–H groups in total. The number of primary amides is 1. The van der Waals surface area contributed by atoms with Crippen molar-refractivity contribution in [1.82, 2.24) is 10.6 Å². The zero-order valence-corrected chi connectivity index (χ0v) is 17.5. The van der Waals surface area contributed by atoms with Gasteiger partial charge in [0.05, 0.1) is 0 Å². The van der Waals surface area contributed by atoms with Crippen molar-refractivity contribution in [3.8, 4) is 5.75 Å². The molecule has 2 aromatic rings. The van der Waals surface area contributed by atoms with Gasteiger partial charge in [-0.1, -0.05) is 46.3 Å². The molecule has 0 heterocycles. The lowest BCUT2D eigenvalue weighted by Crippen LogP contribution is -2.41. The minimum Gasteiger partial charge on any atom is -0.484 e. The summed E-state index contributed by atoms with van der Waals surface area (Å²) in [5.41, 5.74) is 7.65. The topological polar surface area (TPSA) is 88.7 Å². The summed E-state index contributed by atoms with van der Waals surface area (Å²) in [6.07, 6.45) is 2.33. The Bertz CT molecular complexity index is 865. The molecule has 0 aliphatic heterocycles. The lowest BCUT2D eigenvalue weighted by atomic mass is 9.96. The van der Waals surface area contributed by atoms with Crippen LogP contribution in [0.2, 0.25) is 0 Å². The molecule has 1 amide bonds. The highest BCUT2D eigenvalue weighted by atomic mass is 79.9. The summed E-state index contributed by atoms with van der Waals surface area (Å²) in [4.78, 5) is 15.2. The first kappa shape index (κ1) is 20.2. The standard InChI is InChI=1S/C21H25BrN4O2/c1-24-20(25-12-15-5-4-6-16(11-15)28-13-19(23)27)26-14-21(9-10-21)17-7-2-3-8-18(17)22/h2-8,11H,9-10,12-14H2,1H3,(H2,23,27)(H2,24,25,26). The van der Waals surface area contributed by atoms with Crippen molar-refractivity contribution in [3.63, 3.8) is 0 Å². The summed E-state index contributed by atoms with van der Waals surface area (Å²) in [5, 5.41) is 6.77. The number of nitrogens with one attached hydrogen (secondary N) is 2. The number of benzene rings is 2. The predicted octanol–water partition coefficient (Wildman–Crippen LogP) is 2.71. The summed E-state index contributed by atoms with van der Waals surface area (Å²) >= 11 is 3.67. The van der Waals surface area contributed by atoms with Crippen molar-refractivity contribution in [2.45, 2.75) is 24.8 Å². The number of halogens is 1. The summed E-state index contributed by atoms with van der Waals surface area (Å²) < 4.78 is 6.51. The Morgan fingerprint density at radius 3 is 2.68 bits per heavy atom. The average molecular weight is 445 g/mol. The Labute approximate surface area is 173 Å². The van der Waals surface area contributed by atoms with Gasteiger partial charge in [-0.3, -0.25) is 9.79 Å². The van der Waals surface area contributed by atoms with Crippen LogP contribution >= 0.6 is 15.9 Å². The van der Waals surface area contributed by atoms with Gasteiger partial charge in [0.25, 0.3) is 5.91 Å². The van der Waals surface area contributed by atoms with Gasteiger partial charge in [0.15, 0.2) is 12.6 Å². The maximum Gasteiger partial charge on any atom is 0.255 e. The largest absolute Gasteiger partial charge is 0.484 e. The van der Waals surface area contributed by atoms with E-state index in [9.17, 15) is 4.79 Å². The van der Waals surface area contributed by atoms with Crippen molar-refractivity contribution in [1.29, 1.82) is 0 Å². The highest BCUT2D eigenvalue weighted by molar-refractivity contribution is 9.10. The first-order chi connectivity index (χ1) is 13.5. The first-order valence-electron chi connectivity index (χ1n) is 9.22. The minimum absolute atomic E-state index is 0.128. The molecule has 0 spiro atoms. The van der Waals surface area contributed by atoms with Crippen LogP contribution in [0.3, 0.4) is 0 Å². The summed E-state index contributed by atoms with van der Waals surface area (Å²) in [5.74, 6) is 0.876. The molecule has 0 radical (unpaired) electrons. The van der Waals surface area contributed by atoms with Crippen LogP contribution in [-0.4, -0.2) is 32.1 Å². The maximum absolute atomic E-state index is 10.9. The van der Waals surface area contributed by atoms with Crippen LogP contribution in [0, 0.1) is 0 Å². The van der Waals surface area contributed by atoms with Crippen molar-refractivity contribution in [3.05, 3.63) is 64.1 Å². The van der Waals surface area contributed by atoms with Crippen LogP contribution < -0.4 is 21.1 Å². The van der Waals surface area contributed by atoms with Gasteiger partial charge in [-0.05, 0) is 42.2 Å². The highest BCUT2D eigenvalue weighted by Crippen LogP contribution is 2.49. The van der Waals surface area contributed by atoms with Gasteiger partial charge in [-0.25, -0.2) is 0 Å². The van der Waals surface area contributed by atoms with E-state index in [1.807, 2.05) is 24.3 Å². The SMILES string of the molecule is CN=C(NCc1cccc(OCC(N)=O)c1)NCC1(c2ccccc2Br)CC1. The van der Waals surface area contributed by atoms with E-state index >= 15 is 0 Å². The second-order valence-corrected chi connectivity index (χ2v) is 7.80. The number of guanidine groups is 1. The fraction of sp³-hybridized carbons (Fsp3) is 0.333. The third-order valence-corrected chi connectivity index (χ3v) is 5.55. The van der Waals surface area contributed by atoms with E-state index in [0.29, 0.717) is 12.3 Å². The van der Waals surface area contributed by atoms with Crippen molar-refractivity contribution in [2.75, 3.05) is 20.2 Å². The zero-order valence-electron chi connectivity index (χ0n) is 15.9. The smallest absolute Gasteiger partial charge is 0.255 e. The van der Waals surface area contributed by atoms with Crippen LogP contribution in [-0.2, 0) is 16.8 Å². The van der Waals surface area contributed by atoms with Gasteiger partial charge in [-0.2, -0.15) is 0 Å². The van der Waals surface area contributed by atoms with E-state index in [1.165, 1.54) is 18.4 Å². The Morgan fingerprint density at radius 2 is 2.00 bits per heavy atom. The molecule has 28 heavy (non-hydrogen) atoms. The number of hydrogen-bond donors (Lipinski definition) is 3. The first-order valence-corrected chi connectivity index (χ1v) is 10.0. The molecular weight excluding hydrogens is 420 g/mol.